The first-order chi connectivity index (χ1) is 17.7. The summed E-state index contributed by atoms with van der Waals surface area (Å²) >= 11 is 18.0. The Labute approximate surface area is 227 Å². The van der Waals surface area contributed by atoms with Crippen LogP contribution in [0.15, 0.2) is 83.9 Å². The topological polar surface area (TPSA) is 118 Å². The van der Waals surface area contributed by atoms with E-state index >= 15 is 0 Å². The summed E-state index contributed by atoms with van der Waals surface area (Å²) in [6.45, 7) is -0.0955. The van der Waals surface area contributed by atoms with Crippen LogP contribution in [0.2, 0.25) is 15.2 Å². The second-order valence-corrected chi connectivity index (χ2v) is 10.5. The highest BCUT2D eigenvalue weighted by Gasteiger charge is 2.23. The van der Waals surface area contributed by atoms with Gasteiger partial charge in [0.15, 0.2) is 10.9 Å². The van der Waals surface area contributed by atoms with E-state index in [9.17, 15) is 18.3 Å². The van der Waals surface area contributed by atoms with Gasteiger partial charge in [-0.3, -0.25) is 9.52 Å². The van der Waals surface area contributed by atoms with E-state index in [4.69, 9.17) is 39.5 Å². The normalized spacial score (nSPS) is 12.1. The summed E-state index contributed by atoms with van der Waals surface area (Å²) in [7, 11) is -4.20. The highest BCUT2D eigenvalue weighted by atomic mass is 35.5. The Morgan fingerprint density at radius 1 is 1.00 bits per heavy atom. The molecule has 1 aromatic heterocycles. The Balaban J connectivity index is 1.54. The fraction of sp³-hybridized carbons (Fsp3) is 0.0800. The molecular weight excluding hydrogens is 561 g/mol. The molecule has 1 atom stereocenters. The summed E-state index contributed by atoms with van der Waals surface area (Å²) < 4.78 is 33.8. The van der Waals surface area contributed by atoms with Crippen LogP contribution in [0.3, 0.4) is 0 Å². The molecule has 0 aliphatic carbocycles. The summed E-state index contributed by atoms with van der Waals surface area (Å²) in [5.41, 5.74) is 1.32. The molecule has 0 aliphatic rings. The van der Waals surface area contributed by atoms with Gasteiger partial charge in [0.2, 0.25) is 5.82 Å². The first-order valence-electron chi connectivity index (χ1n) is 10.6. The predicted octanol–water partition coefficient (Wildman–Crippen LogP) is 5.73. The average molecular weight is 579 g/mol. The first-order valence-corrected chi connectivity index (χ1v) is 13.3. The van der Waals surface area contributed by atoms with Crippen LogP contribution in [0.5, 0.6) is 5.88 Å². The largest absolute Gasteiger partial charge is 0.470 e. The third-order valence-corrected chi connectivity index (χ3v) is 7.59. The number of ether oxygens (including phenoxy) is 1. The van der Waals surface area contributed by atoms with Crippen LogP contribution < -0.4 is 9.46 Å². The number of anilines is 1. The molecule has 0 amide bonds. The molecule has 1 unspecified atom stereocenters. The van der Waals surface area contributed by atoms with Gasteiger partial charge in [-0.2, -0.15) is 4.98 Å². The zero-order valence-corrected chi connectivity index (χ0v) is 21.9. The lowest BCUT2D eigenvalue weighted by atomic mass is 9.99. The molecule has 4 rings (SSSR count). The zero-order chi connectivity index (χ0) is 26.6. The van der Waals surface area contributed by atoms with E-state index in [2.05, 4.69) is 14.7 Å². The van der Waals surface area contributed by atoms with Crippen molar-refractivity contribution < 1.29 is 23.1 Å². The lowest BCUT2D eigenvalue weighted by molar-refractivity contribution is 0.0747. The molecule has 0 fully saturated rings. The summed E-state index contributed by atoms with van der Waals surface area (Å²) in [6.07, 6.45) is -0.226. The first kappa shape index (κ1) is 26.8. The molecule has 37 heavy (non-hydrogen) atoms. The van der Waals surface area contributed by atoms with Gasteiger partial charge in [0.1, 0.15) is 17.6 Å². The van der Waals surface area contributed by atoms with E-state index in [1.54, 1.807) is 54.6 Å². The third-order valence-electron chi connectivity index (χ3n) is 5.10. The Morgan fingerprint density at radius 3 is 2.49 bits per heavy atom. The van der Waals surface area contributed by atoms with Gasteiger partial charge in [0.05, 0.1) is 16.2 Å². The Bertz CT molecular complexity index is 1550. The van der Waals surface area contributed by atoms with Gasteiger partial charge in [0, 0.05) is 5.56 Å². The van der Waals surface area contributed by atoms with Gasteiger partial charge in [-0.1, -0.05) is 89.4 Å². The molecule has 0 saturated heterocycles. The number of carbonyl (C=O) groups excluding carboxylic acids is 1. The molecule has 0 bridgehead atoms. The van der Waals surface area contributed by atoms with E-state index in [0.717, 1.165) is 6.20 Å². The molecule has 1 heterocycles. The van der Waals surface area contributed by atoms with Crippen LogP contribution in [0.1, 0.15) is 27.6 Å². The van der Waals surface area contributed by atoms with Crippen molar-refractivity contribution in [2.24, 2.45) is 0 Å². The average Bonchev–Trinajstić information content (AvgIpc) is 2.90. The fourth-order valence-electron chi connectivity index (χ4n) is 3.31. The maximum atomic E-state index is 12.9. The van der Waals surface area contributed by atoms with Crippen molar-refractivity contribution in [1.82, 2.24) is 9.97 Å². The summed E-state index contributed by atoms with van der Waals surface area (Å²) in [5.74, 6) is -0.868. The van der Waals surface area contributed by atoms with Crippen molar-refractivity contribution in [3.8, 4) is 5.88 Å². The molecule has 4 aromatic rings. The molecule has 8 nitrogen and oxygen atoms in total. The number of rotatable bonds is 9. The van der Waals surface area contributed by atoms with E-state index < -0.39 is 21.9 Å². The van der Waals surface area contributed by atoms with Crippen LogP contribution in [-0.2, 0) is 16.6 Å². The molecular formula is C25H18Cl3N3O5S. The minimum Gasteiger partial charge on any atom is -0.470 e. The maximum Gasteiger partial charge on any atom is 0.264 e. The molecule has 3 aromatic carbocycles. The van der Waals surface area contributed by atoms with Crippen LogP contribution in [0.4, 0.5) is 5.82 Å². The molecule has 0 spiro atoms. The number of carbonyl (C=O) groups is 1. The lowest BCUT2D eigenvalue weighted by Crippen LogP contribution is -2.16. The molecule has 0 radical (unpaired) electrons. The lowest BCUT2D eigenvalue weighted by Gasteiger charge is -2.14. The van der Waals surface area contributed by atoms with E-state index in [1.807, 2.05) is 0 Å². The minimum absolute atomic E-state index is 0.0311. The second kappa shape index (κ2) is 11.5. The van der Waals surface area contributed by atoms with E-state index in [0.29, 0.717) is 16.7 Å². The van der Waals surface area contributed by atoms with Gasteiger partial charge in [-0.05, 0) is 29.3 Å². The van der Waals surface area contributed by atoms with Gasteiger partial charge in [0.25, 0.3) is 15.9 Å². The number of aromatic nitrogens is 2. The van der Waals surface area contributed by atoms with Crippen molar-refractivity contribution in [2.75, 3.05) is 4.72 Å². The van der Waals surface area contributed by atoms with Crippen molar-refractivity contribution in [2.45, 2.75) is 17.6 Å². The number of ketones is 1. The number of aliphatic hydroxyl groups is 1. The van der Waals surface area contributed by atoms with Crippen LogP contribution in [-0.4, -0.2) is 29.3 Å². The van der Waals surface area contributed by atoms with Crippen LogP contribution in [0.25, 0.3) is 0 Å². The number of hydrogen-bond acceptors (Lipinski definition) is 7. The van der Waals surface area contributed by atoms with Crippen LogP contribution >= 0.6 is 34.8 Å². The Morgan fingerprint density at radius 2 is 1.73 bits per heavy atom. The van der Waals surface area contributed by atoms with E-state index in [-0.39, 0.29) is 38.4 Å². The number of halogens is 3. The molecule has 2 N–H and O–H groups in total. The SMILES string of the molecule is O=C(c1ccccc1)C(O)c1cccc(COc2nc(Cl)cnc2NS(=O)(=O)c2cccc(Cl)c2Cl)c1. The highest BCUT2D eigenvalue weighted by Crippen LogP contribution is 2.32. The smallest absolute Gasteiger partial charge is 0.264 e. The number of hydrogen-bond donors (Lipinski definition) is 2. The fourth-order valence-corrected chi connectivity index (χ4v) is 5.21. The van der Waals surface area contributed by atoms with Crippen LogP contribution in [0, 0.1) is 0 Å². The zero-order valence-electron chi connectivity index (χ0n) is 18.8. The maximum absolute atomic E-state index is 12.9. The number of nitrogens with one attached hydrogen (secondary N) is 1. The van der Waals surface area contributed by atoms with E-state index in [1.165, 1.54) is 18.2 Å². The summed E-state index contributed by atoms with van der Waals surface area (Å²) in [5, 5.41) is 10.5. The number of aliphatic hydroxyl groups excluding tert-OH is 1. The van der Waals surface area contributed by atoms with Gasteiger partial charge in [-0.15, -0.1) is 0 Å². The molecule has 190 valence electrons. The van der Waals surface area contributed by atoms with Crippen molar-refractivity contribution >= 4 is 56.4 Å². The van der Waals surface area contributed by atoms with Crippen molar-refractivity contribution in [1.29, 1.82) is 0 Å². The molecule has 12 heteroatoms. The second-order valence-electron chi connectivity index (χ2n) is 7.67. The van der Waals surface area contributed by atoms with Crippen molar-refractivity contribution in [3.05, 3.63) is 111 Å². The van der Waals surface area contributed by atoms with Gasteiger partial charge in [-0.25, -0.2) is 13.4 Å². The third kappa shape index (κ3) is 6.38. The minimum atomic E-state index is -4.20. The van der Waals surface area contributed by atoms with Crippen molar-refractivity contribution in [3.63, 3.8) is 0 Å². The standard InChI is InChI=1S/C25H18Cl3N3O5S/c26-18-10-5-11-19(21(18)28)37(34,35)31-24-25(30-20(27)13-29-24)36-14-15-6-4-9-17(12-15)23(33)22(32)16-7-2-1-3-8-16/h1-13,23,33H,14H2,(H,29,31). The number of sulfonamides is 1. The monoisotopic (exact) mass is 577 g/mol. The van der Waals surface area contributed by atoms with Gasteiger partial charge < -0.3 is 9.84 Å². The number of benzene rings is 3. The Kier molecular flexibility index (Phi) is 8.31. The highest BCUT2D eigenvalue weighted by molar-refractivity contribution is 7.92. The predicted molar refractivity (Wildman–Crippen MR) is 141 cm³/mol. The summed E-state index contributed by atoms with van der Waals surface area (Å²) in [6, 6.07) is 19.2. The summed E-state index contributed by atoms with van der Waals surface area (Å²) in [4.78, 5) is 20.4. The molecule has 0 saturated carbocycles. The quantitative estimate of drug-likeness (QED) is 0.243. The van der Waals surface area contributed by atoms with Gasteiger partial charge >= 0.3 is 0 Å². The molecule has 0 aliphatic heterocycles. The number of Topliss-reactive ketones (excluding diaryl/α,β-unsaturated/α-hetero) is 1. The Hall–Kier alpha value is -3.21. The number of nitrogens with zero attached hydrogens (tertiary/aromatic N) is 2.